The smallest absolute Gasteiger partial charge is 0.229 e. The van der Waals surface area contributed by atoms with Gasteiger partial charge in [0, 0.05) is 29.7 Å². The number of hydrogen-bond acceptors (Lipinski definition) is 4. The van der Waals surface area contributed by atoms with E-state index in [9.17, 15) is 0 Å². The third kappa shape index (κ3) is 3.72. The van der Waals surface area contributed by atoms with Crippen LogP contribution in [-0.4, -0.2) is 35.0 Å². The molecular weight excluding hydrogens is 262 g/mol. The predicted molar refractivity (Wildman–Crippen MR) is 78.2 cm³/mol. The number of methoxy groups -OCH3 is 1. The lowest BCUT2D eigenvalue weighted by atomic mass is 9.98. The first-order chi connectivity index (χ1) is 9.10. The van der Waals surface area contributed by atoms with Gasteiger partial charge >= 0.3 is 0 Å². The van der Waals surface area contributed by atoms with Crippen LogP contribution in [0.4, 0.5) is 5.95 Å². The van der Waals surface area contributed by atoms with Crippen LogP contribution in [0.2, 0.25) is 0 Å². The van der Waals surface area contributed by atoms with Gasteiger partial charge < -0.3 is 9.64 Å². The van der Waals surface area contributed by atoms with Crippen molar-refractivity contribution in [2.45, 2.75) is 50.9 Å². The van der Waals surface area contributed by atoms with Gasteiger partial charge in [-0.1, -0.05) is 0 Å². The molecule has 1 aliphatic rings. The quantitative estimate of drug-likeness (QED) is 0.796. The summed E-state index contributed by atoms with van der Waals surface area (Å²) in [5, 5.41) is 0.178. The van der Waals surface area contributed by atoms with Crippen LogP contribution in [0.5, 0.6) is 5.88 Å². The highest BCUT2D eigenvalue weighted by molar-refractivity contribution is 6.20. The zero-order valence-electron chi connectivity index (χ0n) is 11.9. The van der Waals surface area contributed by atoms with Gasteiger partial charge in [0.05, 0.1) is 7.11 Å². The molecule has 1 fully saturated rings. The summed E-state index contributed by atoms with van der Waals surface area (Å²) in [4.78, 5) is 11.3. The highest BCUT2D eigenvalue weighted by Crippen LogP contribution is 2.27. The second-order valence-corrected chi connectivity index (χ2v) is 5.96. The number of aryl methyl sites for hydroxylation is 1. The normalized spacial score (nSPS) is 21.3. The van der Waals surface area contributed by atoms with Crippen molar-refractivity contribution in [1.29, 1.82) is 0 Å². The summed E-state index contributed by atoms with van der Waals surface area (Å²) in [6, 6.07) is 2.29. The summed E-state index contributed by atoms with van der Waals surface area (Å²) < 4.78 is 5.24. The van der Waals surface area contributed by atoms with E-state index >= 15 is 0 Å². The second kappa shape index (κ2) is 6.42. The minimum Gasteiger partial charge on any atom is -0.481 e. The fraction of sp³-hybridized carbons (Fsp3) is 0.714. The Labute approximate surface area is 120 Å². The molecule has 0 N–H and O–H groups in total. The van der Waals surface area contributed by atoms with Crippen LogP contribution in [0.25, 0.3) is 0 Å². The van der Waals surface area contributed by atoms with E-state index in [0.717, 1.165) is 31.0 Å². The maximum atomic E-state index is 6.16. The summed E-state index contributed by atoms with van der Waals surface area (Å²) in [5.74, 6) is 1.41. The molecule has 0 spiro atoms. The fourth-order valence-electron chi connectivity index (χ4n) is 2.64. The maximum absolute atomic E-state index is 6.16. The topological polar surface area (TPSA) is 38.2 Å². The van der Waals surface area contributed by atoms with Crippen molar-refractivity contribution in [3.05, 3.63) is 11.8 Å². The molecular formula is C14H22ClN3O. The average molecular weight is 284 g/mol. The number of hydrogen-bond donors (Lipinski definition) is 0. The molecule has 5 heteroatoms. The van der Waals surface area contributed by atoms with Crippen LogP contribution < -0.4 is 9.64 Å². The van der Waals surface area contributed by atoms with E-state index in [1.807, 2.05) is 19.9 Å². The number of nitrogens with zero attached hydrogens (tertiary/aromatic N) is 3. The number of rotatable bonds is 4. The van der Waals surface area contributed by atoms with E-state index in [1.165, 1.54) is 12.8 Å². The van der Waals surface area contributed by atoms with Crippen LogP contribution in [-0.2, 0) is 0 Å². The molecule has 1 aromatic heterocycles. The molecule has 19 heavy (non-hydrogen) atoms. The molecule has 0 amide bonds. The summed E-state index contributed by atoms with van der Waals surface area (Å²) >= 11 is 6.16. The molecule has 1 saturated heterocycles. The van der Waals surface area contributed by atoms with E-state index in [4.69, 9.17) is 16.3 Å². The number of anilines is 1. The molecule has 2 rings (SSSR count). The fourth-order valence-corrected chi connectivity index (χ4v) is 2.85. The van der Waals surface area contributed by atoms with Gasteiger partial charge in [0.2, 0.25) is 11.8 Å². The highest BCUT2D eigenvalue weighted by Gasteiger charge is 2.26. The van der Waals surface area contributed by atoms with E-state index in [-0.39, 0.29) is 5.38 Å². The van der Waals surface area contributed by atoms with Gasteiger partial charge in [0.1, 0.15) is 0 Å². The Morgan fingerprint density at radius 1 is 1.47 bits per heavy atom. The molecule has 0 aromatic carbocycles. The molecule has 0 radical (unpaired) electrons. The van der Waals surface area contributed by atoms with Crippen molar-refractivity contribution in [1.82, 2.24) is 9.97 Å². The summed E-state index contributed by atoms with van der Waals surface area (Å²) in [5.41, 5.74) is 0.935. The van der Waals surface area contributed by atoms with Gasteiger partial charge in [-0.25, -0.2) is 4.98 Å². The van der Waals surface area contributed by atoms with Crippen LogP contribution in [0.15, 0.2) is 6.07 Å². The lowest BCUT2D eigenvalue weighted by Gasteiger charge is -2.36. The van der Waals surface area contributed by atoms with E-state index < -0.39 is 0 Å². The van der Waals surface area contributed by atoms with Gasteiger partial charge in [0.15, 0.2) is 0 Å². The molecule has 4 nitrogen and oxygen atoms in total. The molecule has 0 aliphatic carbocycles. The number of piperidine rings is 1. The van der Waals surface area contributed by atoms with E-state index in [2.05, 4.69) is 14.9 Å². The van der Waals surface area contributed by atoms with Crippen molar-refractivity contribution in [2.75, 3.05) is 18.6 Å². The van der Waals surface area contributed by atoms with Crippen molar-refractivity contribution in [3.8, 4) is 5.88 Å². The van der Waals surface area contributed by atoms with Crippen molar-refractivity contribution < 1.29 is 4.74 Å². The van der Waals surface area contributed by atoms with Gasteiger partial charge in [0.25, 0.3) is 0 Å². The summed E-state index contributed by atoms with van der Waals surface area (Å²) in [7, 11) is 1.64. The second-order valence-electron chi connectivity index (χ2n) is 5.21. The first kappa shape index (κ1) is 14.4. The van der Waals surface area contributed by atoms with Crippen LogP contribution in [0, 0.1) is 6.92 Å². The molecule has 1 aliphatic heterocycles. The zero-order valence-corrected chi connectivity index (χ0v) is 12.7. The zero-order chi connectivity index (χ0) is 13.8. The number of halogens is 1. The van der Waals surface area contributed by atoms with Gasteiger partial charge in [-0.3, -0.25) is 0 Å². The Hall–Kier alpha value is -1.03. The average Bonchev–Trinajstić information content (AvgIpc) is 2.38. The van der Waals surface area contributed by atoms with Gasteiger partial charge in [-0.2, -0.15) is 4.98 Å². The molecule has 2 heterocycles. The highest BCUT2D eigenvalue weighted by atomic mass is 35.5. The monoisotopic (exact) mass is 283 g/mol. The van der Waals surface area contributed by atoms with Crippen LogP contribution >= 0.6 is 11.6 Å². The lowest BCUT2D eigenvalue weighted by Crippen LogP contribution is -2.41. The number of alkyl halides is 1. The predicted octanol–water partition coefficient (Wildman–Crippen LogP) is 3.17. The van der Waals surface area contributed by atoms with Gasteiger partial charge in [-0.05, 0) is 39.5 Å². The maximum Gasteiger partial charge on any atom is 0.229 e. The first-order valence-electron chi connectivity index (χ1n) is 6.90. The van der Waals surface area contributed by atoms with Crippen molar-refractivity contribution in [3.63, 3.8) is 0 Å². The van der Waals surface area contributed by atoms with Crippen LogP contribution in [0.3, 0.4) is 0 Å². The third-order valence-corrected chi connectivity index (χ3v) is 3.69. The minimum atomic E-state index is 0.178. The molecule has 0 saturated carbocycles. The van der Waals surface area contributed by atoms with Crippen molar-refractivity contribution >= 4 is 17.5 Å². The Morgan fingerprint density at radius 3 is 2.95 bits per heavy atom. The molecule has 2 unspecified atom stereocenters. The molecule has 106 valence electrons. The first-order valence-corrected chi connectivity index (χ1v) is 7.34. The number of aromatic nitrogens is 2. The summed E-state index contributed by atoms with van der Waals surface area (Å²) in [6.45, 7) is 5.02. The Bertz CT molecular complexity index is 425. The summed E-state index contributed by atoms with van der Waals surface area (Å²) in [6.07, 6.45) is 4.58. The Kier molecular flexibility index (Phi) is 4.86. The Balaban J connectivity index is 2.23. The van der Waals surface area contributed by atoms with Crippen molar-refractivity contribution in [2.24, 2.45) is 0 Å². The Morgan fingerprint density at radius 2 is 2.26 bits per heavy atom. The molecule has 1 aromatic rings. The lowest BCUT2D eigenvalue weighted by molar-refractivity contribution is 0.390. The molecule has 0 bridgehead atoms. The largest absolute Gasteiger partial charge is 0.481 e. The van der Waals surface area contributed by atoms with E-state index in [1.54, 1.807) is 7.11 Å². The SMILES string of the molecule is COc1cc(C)nc(N2CCCCC2CC(C)Cl)n1. The minimum absolute atomic E-state index is 0.178. The number of ether oxygens (including phenoxy) is 1. The van der Waals surface area contributed by atoms with E-state index in [0.29, 0.717) is 11.9 Å². The third-order valence-electron chi connectivity index (χ3n) is 3.51. The molecule has 2 atom stereocenters. The van der Waals surface area contributed by atoms with Gasteiger partial charge in [-0.15, -0.1) is 11.6 Å². The standard InChI is InChI=1S/C14H22ClN3O/c1-10(15)8-12-6-4-5-7-18(12)14-16-11(2)9-13(17-14)19-3/h9-10,12H,4-8H2,1-3H3. The van der Waals surface area contributed by atoms with Crippen LogP contribution in [0.1, 0.15) is 38.3 Å².